The number of rotatable bonds is 5. The van der Waals surface area contributed by atoms with Crippen LogP contribution in [0.1, 0.15) is 28.4 Å². The van der Waals surface area contributed by atoms with Crippen LogP contribution in [0.3, 0.4) is 0 Å². The fourth-order valence-corrected chi connectivity index (χ4v) is 5.30. The van der Waals surface area contributed by atoms with Gasteiger partial charge in [0.25, 0.3) is 0 Å². The van der Waals surface area contributed by atoms with Crippen molar-refractivity contribution in [2.75, 3.05) is 6.61 Å². The standard InChI is InChI=1S/C24H25FO6S/c1-13-2-3-15(24-23(29)22(28)21(27)19(12-26)31-24)10-16(13)11-18-8-9-20(32(18)30)14-4-6-17(25)7-5-14/h2-10,19,21-24,26-29H,11-12H2,1H3/t19-,21-,22+,23-,24+,32?/m1/s1. The first-order valence-corrected chi connectivity index (χ1v) is 11.4. The molecular weight excluding hydrogens is 435 g/mol. The zero-order valence-electron chi connectivity index (χ0n) is 17.4. The molecule has 2 aliphatic rings. The zero-order chi connectivity index (χ0) is 23.0. The van der Waals surface area contributed by atoms with Crippen molar-refractivity contribution >= 4 is 15.7 Å². The van der Waals surface area contributed by atoms with Gasteiger partial charge in [0.1, 0.15) is 36.3 Å². The van der Waals surface area contributed by atoms with Crippen molar-refractivity contribution in [2.24, 2.45) is 0 Å². The van der Waals surface area contributed by atoms with E-state index < -0.39 is 47.9 Å². The largest absolute Gasteiger partial charge is 0.394 e. The molecule has 32 heavy (non-hydrogen) atoms. The molecule has 0 aromatic heterocycles. The lowest BCUT2D eigenvalue weighted by Gasteiger charge is -2.40. The summed E-state index contributed by atoms with van der Waals surface area (Å²) in [7, 11) is -1.39. The van der Waals surface area contributed by atoms with Gasteiger partial charge in [0, 0.05) is 11.3 Å². The summed E-state index contributed by atoms with van der Waals surface area (Å²) in [5.41, 5.74) is 3.10. The molecule has 0 amide bonds. The number of ether oxygens (including phenoxy) is 1. The minimum atomic E-state index is -1.46. The molecule has 1 unspecified atom stereocenters. The van der Waals surface area contributed by atoms with Gasteiger partial charge in [-0.15, -0.1) is 0 Å². The van der Waals surface area contributed by atoms with Crippen molar-refractivity contribution in [3.05, 3.63) is 87.6 Å². The lowest BCUT2D eigenvalue weighted by molar-refractivity contribution is -0.231. The predicted octanol–water partition coefficient (Wildman–Crippen LogP) is 1.88. The Balaban J connectivity index is 1.54. The molecule has 4 rings (SSSR count). The molecule has 0 saturated carbocycles. The average molecular weight is 461 g/mol. The summed E-state index contributed by atoms with van der Waals surface area (Å²) in [6, 6.07) is 11.3. The predicted molar refractivity (Wildman–Crippen MR) is 118 cm³/mol. The summed E-state index contributed by atoms with van der Waals surface area (Å²) >= 11 is 0. The lowest BCUT2D eigenvalue weighted by Crippen LogP contribution is -2.55. The Morgan fingerprint density at radius 2 is 1.72 bits per heavy atom. The van der Waals surface area contributed by atoms with E-state index in [2.05, 4.69) is 0 Å². The van der Waals surface area contributed by atoms with E-state index in [1.807, 2.05) is 19.1 Å². The van der Waals surface area contributed by atoms with Crippen LogP contribution in [0.25, 0.3) is 4.91 Å². The number of aliphatic hydroxyl groups is 4. The van der Waals surface area contributed by atoms with E-state index in [4.69, 9.17) is 4.74 Å². The number of halogens is 1. The minimum Gasteiger partial charge on any atom is -0.394 e. The van der Waals surface area contributed by atoms with Crippen LogP contribution in [-0.4, -0.2) is 55.7 Å². The molecule has 1 fully saturated rings. The maximum Gasteiger partial charge on any atom is 0.123 e. The Morgan fingerprint density at radius 1 is 1.00 bits per heavy atom. The fourth-order valence-electron chi connectivity index (χ4n) is 4.00. The number of benzene rings is 2. The Kier molecular flexibility index (Phi) is 6.71. The minimum absolute atomic E-state index is 0.355. The molecule has 170 valence electrons. The number of hydrogen-bond acceptors (Lipinski definition) is 6. The highest BCUT2D eigenvalue weighted by molar-refractivity contribution is 7.98. The van der Waals surface area contributed by atoms with Gasteiger partial charge in [-0.2, -0.15) is 0 Å². The normalized spacial score (nSPS) is 30.2. The Hall–Kier alpha value is -2.20. The summed E-state index contributed by atoms with van der Waals surface area (Å²) in [6.07, 6.45) is -2.19. The molecule has 6 atom stereocenters. The van der Waals surface area contributed by atoms with Crippen molar-refractivity contribution in [2.45, 2.75) is 43.9 Å². The Bertz CT molecular complexity index is 1080. The summed E-state index contributed by atoms with van der Waals surface area (Å²) in [4.78, 5) is 1.31. The van der Waals surface area contributed by atoms with Gasteiger partial charge < -0.3 is 25.2 Å². The van der Waals surface area contributed by atoms with Crippen molar-refractivity contribution in [1.29, 1.82) is 0 Å². The SMILES string of the molecule is Cc1ccc([C@@H]2O[C@H](CO)[C@@H](O)[C@H](O)[C@H]2O)cc1CC1=CC=C(c2ccc(F)cc2)S1=O. The second kappa shape index (κ2) is 9.35. The van der Waals surface area contributed by atoms with E-state index in [-0.39, 0.29) is 5.82 Å². The van der Waals surface area contributed by atoms with Gasteiger partial charge in [-0.05, 0) is 53.5 Å². The van der Waals surface area contributed by atoms with Gasteiger partial charge in [-0.1, -0.05) is 30.3 Å². The third-order valence-electron chi connectivity index (χ3n) is 5.95. The molecule has 2 aromatic carbocycles. The smallest absolute Gasteiger partial charge is 0.123 e. The molecule has 2 heterocycles. The van der Waals surface area contributed by atoms with Crippen LogP contribution in [0.5, 0.6) is 0 Å². The highest BCUT2D eigenvalue weighted by Crippen LogP contribution is 2.35. The van der Waals surface area contributed by atoms with Crippen LogP contribution in [0.15, 0.2) is 59.5 Å². The summed E-state index contributed by atoms with van der Waals surface area (Å²) < 4.78 is 31.9. The van der Waals surface area contributed by atoms with Crippen molar-refractivity contribution in [1.82, 2.24) is 0 Å². The molecule has 2 aliphatic heterocycles. The fraction of sp³-hybridized carbons (Fsp3) is 0.333. The van der Waals surface area contributed by atoms with Crippen molar-refractivity contribution in [3.63, 3.8) is 0 Å². The van der Waals surface area contributed by atoms with Gasteiger partial charge in [0.2, 0.25) is 0 Å². The summed E-state index contributed by atoms with van der Waals surface area (Å²) in [5.74, 6) is -0.355. The lowest BCUT2D eigenvalue weighted by atomic mass is 9.89. The molecule has 0 radical (unpaired) electrons. The third-order valence-corrected chi connectivity index (χ3v) is 7.47. The van der Waals surface area contributed by atoms with E-state index in [1.54, 1.807) is 30.4 Å². The zero-order valence-corrected chi connectivity index (χ0v) is 18.2. The van der Waals surface area contributed by atoms with E-state index in [9.17, 15) is 29.0 Å². The average Bonchev–Trinajstić information content (AvgIpc) is 3.14. The monoisotopic (exact) mass is 460 g/mol. The van der Waals surface area contributed by atoms with Gasteiger partial charge >= 0.3 is 0 Å². The van der Waals surface area contributed by atoms with Crippen LogP contribution in [0.2, 0.25) is 0 Å². The molecule has 0 bridgehead atoms. The highest BCUT2D eigenvalue weighted by Gasteiger charge is 2.44. The van der Waals surface area contributed by atoms with Crippen molar-refractivity contribution < 1.29 is 33.8 Å². The number of allylic oxidation sites excluding steroid dienone is 3. The van der Waals surface area contributed by atoms with Crippen LogP contribution in [0.4, 0.5) is 4.39 Å². The van der Waals surface area contributed by atoms with E-state index >= 15 is 0 Å². The quantitative estimate of drug-likeness (QED) is 0.543. The second-order valence-electron chi connectivity index (χ2n) is 8.05. The molecule has 6 nitrogen and oxygen atoms in total. The molecule has 8 heteroatoms. The highest BCUT2D eigenvalue weighted by atomic mass is 32.2. The molecule has 0 aliphatic carbocycles. The van der Waals surface area contributed by atoms with E-state index in [1.165, 1.54) is 12.1 Å². The van der Waals surface area contributed by atoms with E-state index in [0.29, 0.717) is 27.4 Å². The van der Waals surface area contributed by atoms with Crippen LogP contribution in [0, 0.1) is 12.7 Å². The third kappa shape index (κ3) is 4.34. The van der Waals surface area contributed by atoms with Crippen LogP contribution in [-0.2, 0) is 22.0 Å². The first kappa shape index (κ1) is 23.0. The van der Waals surface area contributed by atoms with Crippen LogP contribution < -0.4 is 0 Å². The molecule has 1 saturated heterocycles. The van der Waals surface area contributed by atoms with Gasteiger partial charge in [0.15, 0.2) is 0 Å². The Morgan fingerprint density at radius 3 is 2.41 bits per heavy atom. The maximum atomic E-state index is 13.2. The van der Waals surface area contributed by atoms with E-state index in [0.717, 1.165) is 11.1 Å². The first-order valence-electron chi connectivity index (χ1n) is 10.3. The number of hydrogen-bond donors (Lipinski definition) is 4. The number of aliphatic hydroxyl groups excluding tert-OH is 4. The van der Waals surface area contributed by atoms with Crippen LogP contribution >= 0.6 is 0 Å². The van der Waals surface area contributed by atoms with Crippen molar-refractivity contribution in [3.8, 4) is 0 Å². The molecule has 4 N–H and O–H groups in total. The van der Waals surface area contributed by atoms with Gasteiger partial charge in [-0.25, -0.2) is 8.60 Å². The summed E-state index contributed by atoms with van der Waals surface area (Å²) in [5, 5.41) is 40.0. The summed E-state index contributed by atoms with van der Waals surface area (Å²) in [6.45, 7) is 1.42. The van der Waals surface area contributed by atoms with Gasteiger partial charge in [0.05, 0.1) is 22.3 Å². The maximum absolute atomic E-state index is 13.2. The topological polar surface area (TPSA) is 107 Å². The molecule has 2 aromatic rings. The van der Waals surface area contributed by atoms with Gasteiger partial charge in [-0.3, -0.25) is 0 Å². The number of aryl methyl sites for hydroxylation is 1. The molecule has 0 spiro atoms. The second-order valence-corrected chi connectivity index (χ2v) is 9.55. The first-order chi connectivity index (χ1) is 15.3. The Labute approximate surface area is 187 Å². The molecular formula is C24H25FO6S.